The number of amides is 4. The molecule has 0 aromatic heterocycles. The van der Waals surface area contributed by atoms with Crippen LogP contribution in [0.15, 0.2) is 97.1 Å². The number of aryl methyl sites for hydroxylation is 2. The Kier molecular flexibility index (Phi) is 14.3. The van der Waals surface area contributed by atoms with E-state index in [0.717, 1.165) is 33.6 Å². The molecule has 4 aromatic carbocycles. The molecule has 4 aromatic rings. The van der Waals surface area contributed by atoms with Gasteiger partial charge in [0.25, 0.3) is 0 Å². The van der Waals surface area contributed by atoms with E-state index < -0.39 is 0 Å². The maximum atomic E-state index is 13.2. The summed E-state index contributed by atoms with van der Waals surface area (Å²) in [5.74, 6) is -0.469. The predicted octanol–water partition coefficient (Wildman–Crippen LogP) is 5.84. The van der Waals surface area contributed by atoms with Crippen molar-refractivity contribution < 1.29 is 33.4 Å². The molecule has 0 bridgehead atoms. The second-order valence-corrected chi connectivity index (χ2v) is 13.1. The number of hydrogen-bond donors (Lipinski definition) is 1. The lowest BCUT2D eigenvalue weighted by atomic mass is 10.1. The van der Waals surface area contributed by atoms with E-state index in [1.807, 2.05) is 96.4 Å². The number of ether oxygens (including phenoxy) is 3. The van der Waals surface area contributed by atoms with E-state index in [2.05, 4.69) is 0 Å². The van der Waals surface area contributed by atoms with Crippen molar-refractivity contribution in [2.75, 3.05) is 76.1 Å². The van der Waals surface area contributed by atoms with Crippen LogP contribution in [0.1, 0.15) is 43.0 Å². The molecule has 2 heterocycles. The van der Waals surface area contributed by atoms with E-state index in [4.69, 9.17) is 19.9 Å². The van der Waals surface area contributed by atoms with Crippen molar-refractivity contribution in [3.05, 3.63) is 130 Å². The molecule has 0 saturated carbocycles. The van der Waals surface area contributed by atoms with E-state index in [9.17, 15) is 19.2 Å². The third kappa shape index (κ3) is 10.8. The standard InChI is InChI=1S/C21H25N3O3.C21H24N2O4/c1-16-3-2-4-19(13-16)24(21(26)23-9-11-27-12-10-23)15-17-5-7-18(8-6-17)20(25)14-22;1-16-4-3-5-19(14-16)23(21(25)22-10-12-27-13-11-22)15-17-6-8-18(9-7-17)20(24)26-2/h2-8,13H,9-12,14-15,22H2,1H3;3-9,14H,10-13,15H2,1-2H3. The van der Waals surface area contributed by atoms with Crippen molar-refractivity contribution in [2.45, 2.75) is 26.9 Å². The van der Waals surface area contributed by atoms with Crippen LogP contribution in [0.2, 0.25) is 0 Å². The van der Waals surface area contributed by atoms with Crippen LogP contribution in [0.5, 0.6) is 0 Å². The molecule has 284 valence electrons. The molecule has 0 radical (unpaired) electrons. The van der Waals surface area contributed by atoms with Crippen LogP contribution in [-0.2, 0) is 27.3 Å². The minimum atomic E-state index is -0.374. The Balaban J connectivity index is 0.000000208. The van der Waals surface area contributed by atoms with Gasteiger partial charge in [0.2, 0.25) is 0 Å². The molecule has 0 atom stereocenters. The number of anilines is 2. The number of rotatable bonds is 9. The first-order chi connectivity index (χ1) is 26.2. The zero-order chi connectivity index (χ0) is 38.5. The van der Waals surface area contributed by atoms with Crippen LogP contribution in [0.3, 0.4) is 0 Å². The van der Waals surface area contributed by atoms with Crippen molar-refractivity contribution >= 4 is 35.2 Å². The molecule has 2 N–H and O–H groups in total. The molecule has 0 spiro atoms. The Labute approximate surface area is 317 Å². The number of ketones is 1. The van der Waals surface area contributed by atoms with Gasteiger partial charge in [0.05, 0.1) is 58.7 Å². The van der Waals surface area contributed by atoms with Crippen LogP contribution in [0, 0.1) is 13.8 Å². The maximum absolute atomic E-state index is 13.2. The molecule has 6 rings (SSSR count). The first-order valence-corrected chi connectivity index (χ1v) is 18.1. The van der Waals surface area contributed by atoms with Crippen LogP contribution < -0.4 is 15.5 Å². The highest BCUT2D eigenvalue weighted by Crippen LogP contribution is 2.23. The number of benzene rings is 4. The molecule has 0 aliphatic carbocycles. The van der Waals surface area contributed by atoms with Gasteiger partial charge < -0.3 is 29.7 Å². The second-order valence-electron chi connectivity index (χ2n) is 13.1. The van der Waals surface area contributed by atoms with Gasteiger partial charge in [0.1, 0.15) is 0 Å². The highest BCUT2D eigenvalue weighted by molar-refractivity contribution is 5.97. The highest BCUT2D eigenvalue weighted by atomic mass is 16.5. The Morgan fingerprint density at radius 2 is 1.04 bits per heavy atom. The Hall–Kier alpha value is -5.56. The Bertz CT molecular complexity index is 1730. The molecule has 12 heteroatoms. The number of carbonyl (C=O) groups excluding carboxylic acids is 4. The van der Waals surface area contributed by atoms with Crippen molar-refractivity contribution in [1.29, 1.82) is 0 Å². The normalized spacial score (nSPS) is 14.0. The molecule has 4 amide bonds. The SMILES string of the molecule is COC(=O)c1ccc(CN(C(=O)N2CCOCC2)c2cccc(C)c2)cc1.Cc1cccc(N(Cc2ccc(C(=O)CN)cc2)C(=O)N2CCOCC2)c1. The maximum Gasteiger partial charge on any atom is 0.337 e. The van der Waals surface area contributed by atoms with E-state index in [-0.39, 0.29) is 30.4 Å². The van der Waals surface area contributed by atoms with Gasteiger partial charge in [-0.3, -0.25) is 14.6 Å². The fourth-order valence-corrected chi connectivity index (χ4v) is 6.12. The summed E-state index contributed by atoms with van der Waals surface area (Å²) in [7, 11) is 1.36. The quantitative estimate of drug-likeness (QED) is 0.168. The smallest absolute Gasteiger partial charge is 0.337 e. The fraction of sp³-hybridized carbons (Fsp3) is 0.333. The third-order valence-electron chi connectivity index (χ3n) is 9.17. The molecular formula is C42H49N5O7. The highest BCUT2D eigenvalue weighted by Gasteiger charge is 2.26. The molecule has 2 saturated heterocycles. The summed E-state index contributed by atoms with van der Waals surface area (Å²) in [6, 6.07) is 30.1. The topological polar surface area (TPSA) is 135 Å². The number of morpholine rings is 2. The van der Waals surface area contributed by atoms with Crippen molar-refractivity contribution in [3.8, 4) is 0 Å². The lowest BCUT2D eigenvalue weighted by Crippen LogP contribution is -2.48. The van der Waals surface area contributed by atoms with E-state index in [1.165, 1.54) is 7.11 Å². The Morgan fingerprint density at radius 1 is 0.630 bits per heavy atom. The van der Waals surface area contributed by atoms with Gasteiger partial charge in [-0.1, -0.05) is 60.7 Å². The average molecular weight is 736 g/mol. The van der Waals surface area contributed by atoms with Gasteiger partial charge in [-0.15, -0.1) is 0 Å². The number of nitrogens with zero attached hydrogens (tertiary/aromatic N) is 4. The fourth-order valence-electron chi connectivity index (χ4n) is 6.12. The molecule has 0 unspecified atom stereocenters. The van der Waals surface area contributed by atoms with Gasteiger partial charge in [-0.05, 0) is 72.5 Å². The molecule has 2 aliphatic rings. The van der Waals surface area contributed by atoms with Crippen molar-refractivity contribution in [3.63, 3.8) is 0 Å². The summed E-state index contributed by atoms with van der Waals surface area (Å²) in [6.07, 6.45) is 0. The summed E-state index contributed by atoms with van der Waals surface area (Å²) in [5, 5.41) is 0. The second kappa shape index (κ2) is 19.5. The molecule has 2 fully saturated rings. The number of urea groups is 2. The van der Waals surface area contributed by atoms with Gasteiger partial charge >= 0.3 is 18.0 Å². The van der Waals surface area contributed by atoms with Crippen LogP contribution >= 0.6 is 0 Å². The van der Waals surface area contributed by atoms with Crippen LogP contribution in [0.25, 0.3) is 0 Å². The Morgan fingerprint density at radius 3 is 1.41 bits per heavy atom. The van der Waals surface area contributed by atoms with Gasteiger partial charge in [-0.25, -0.2) is 14.4 Å². The van der Waals surface area contributed by atoms with Crippen LogP contribution in [-0.4, -0.2) is 99.9 Å². The number of Topliss-reactive ketones (excluding diaryl/α,β-unsaturated/α-hetero) is 1. The summed E-state index contributed by atoms with van der Waals surface area (Å²) in [4.78, 5) is 56.8. The zero-order valence-corrected chi connectivity index (χ0v) is 31.2. The average Bonchev–Trinajstić information content (AvgIpc) is 3.22. The first-order valence-electron chi connectivity index (χ1n) is 18.1. The number of methoxy groups -OCH3 is 1. The van der Waals surface area contributed by atoms with E-state index in [0.29, 0.717) is 76.8 Å². The summed E-state index contributed by atoms with van der Waals surface area (Å²) < 4.78 is 15.5. The summed E-state index contributed by atoms with van der Waals surface area (Å²) in [6.45, 7) is 9.43. The van der Waals surface area contributed by atoms with Gasteiger partial charge in [0.15, 0.2) is 5.78 Å². The molecule has 2 aliphatic heterocycles. The van der Waals surface area contributed by atoms with Crippen molar-refractivity contribution in [2.24, 2.45) is 5.73 Å². The van der Waals surface area contributed by atoms with Crippen LogP contribution in [0.4, 0.5) is 21.0 Å². The number of esters is 1. The minimum absolute atomic E-state index is 0.00964. The minimum Gasteiger partial charge on any atom is -0.465 e. The largest absolute Gasteiger partial charge is 0.465 e. The summed E-state index contributed by atoms with van der Waals surface area (Å²) >= 11 is 0. The lowest BCUT2D eigenvalue weighted by molar-refractivity contribution is 0.0548. The molecule has 54 heavy (non-hydrogen) atoms. The first kappa shape index (κ1) is 39.6. The monoisotopic (exact) mass is 735 g/mol. The van der Waals surface area contributed by atoms with E-state index in [1.54, 1.807) is 34.1 Å². The number of nitrogens with two attached hydrogens (primary N) is 1. The molecule has 12 nitrogen and oxygen atoms in total. The van der Waals surface area contributed by atoms with Crippen molar-refractivity contribution in [1.82, 2.24) is 9.80 Å². The zero-order valence-electron chi connectivity index (χ0n) is 31.2. The van der Waals surface area contributed by atoms with Gasteiger partial charge in [0, 0.05) is 43.1 Å². The number of carbonyl (C=O) groups is 4. The summed E-state index contributed by atoms with van der Waals surface area (Å²) in [5.41, 5.74) is 12.3. The van der Waals surface area contributed by atoms with E-state index >= 15 is 0 Å². The lowest BCUT2D eigenvalue weighted by Gasteiger charge is -2.33. The number of hydrogen-bond acceptors (Lipinski definition) is 8. The third-order valence-corrected chi connectivity index (χ3v) is 9.17. The predicted molar refractivity (Wildman–Crippen MR) is 208 cm³/mol. The molecular weight excluding hydrogens is 686 g/mol. The van der Waals surface area contributed by atoms with Gasteiger partial charge in [-0.2, -0.15) is 0 Å².